The van der Waals surface area contributed by atoms with E-state index >= 15 is 0 Å². The number of ether oxygens (including phenoxy) is 1. The Kier molecular flexibility index (Phi) is 7.21. The summed E-state index contributed by atoms with van der Waals surface area (Å²) in [5.41, 5.74) is 2.07. The molecule has 0 spiro atoms. The maximum Gasteiger partial charge on any atom is 0.194 e. The largest absolute Gasteiger partial charge is 0.504 e. The summed E-state index contributed by atoms with van der Waals surface area (Å²) in [6.07, 6.45) is 1.89. The van der Waals surface area contributed by atoms with Crippen LogP contribution in [0.3, 0.4) is 0 Å². The lowest BCUT2D eigenvalue weighted by atomic mass is 10.2. The Hall–Kier alpha value is -2.34. The molecular weight excluding hydrogens is 352 g/mol. The first-order valence-corrected chi connectivity index (χ1v) is 9.07. The van der Waals surface area contributed by atoms with E-state index in [1.165, 1.54) is 0 Å². The minimum atomic E-state index is 0.143. The molecule has 1 aromatic carbocycles. The number of nitrogens with zero attached hydrogens (tertiary/aromatic N) is 3. The van der Waals surface area contributed by atoms with Crippen LogP contribution in [-0.2, 0) is 20.1 Å². The van der Waals surface area contributed by atoms with Crippen LogP contribution in [0.25, 0.3) is 0 Å². The molecule has 0 amide bonds. The van der Waals surface area contributed by atoms with Gasteiger partial charge in [-0.05, 0) is 37.6 Å². The number of aryl methyl sites for hydroxylation is 1. The lowest BCUT2D eigenvalue weighted by Crippen LogP contribution is -2.38. The van der Waals surface area contributed by atoms with Crippen LogP contribution in [0, 0.1) is 0 Å². The summed E-state index contributed by atoms with van der Waals surface area (Å²) < 4.78 is 7.44. The third-order valence-electron chi connectivity index (χ3n) is 3.91. The molecular formula is C19H27ClN4O2. The number of aromatic hydroxyl groups is 1. The van der Waals surface area contributed by atoms with Crippen molar-refractivity contribution in [3.8, 4) is 11.5 Å². The molecule has 0 aliphatic rings. The van der Waals surface area contributed by atoms with E-state index in [0.717, 1.165) is 28.8 Å². The summed E-state index contributed by atoms with van der Waals surface area (Å²) in [5.74, 6) is 1.43. The minimum absolute atomic E-state index is 0.143. The molecule has 0 saturated heterocycles. The number of hydrogen-bond acceptors (Lipinski definition) is 3. The second-order valence-corrected chi connectivity index (χ2v) is 6.46. The van der Waals surface area contributed by atoms with Gasteiger partial charge < -0.3 is 24.6 Å². The summed E-state index contributed by atoms with van der Waals surface area (Å²) in [5, 5.41) is 13.8. The molecule has 6 nitrogen and oxygen atoms in total. The van der Waals surface area contributed by atoms with Crippen molar-refractivity contribution in [2.45, 2.75) is 26.9 Å². The molecule has 26 heavy (non-hydrogen) atoms. The quantitative estimate of drug-likeness (QED) is 0.572. The van der Waals surface area contributed by atoms with Crippen molar-refractivity contribution >= 4 is 17.6 Å². The number of aromatic nitrogens is 1. The van der Waals surface area contributed by atoms with Gasteiger partial charge in [-0.25, -0.2) is 4.99 Å². The van der Waals surface area contributed by atoms with E-state index in [1.54, 1.807) is 6.07 Å². The fourth-order valence-corrected chi connectivity index (χ4v) is 2.88. The molecule has 1 aromatic heterocycles. The van der Waals surface area contributed by atoms with Crippen LogP contribution in [0.2, 0.25) is 5.02 Å². The average molecular weight is 379 g/mol. The topological polar surface area (TPSA) is 62.0 Å². The molecule has 0 radical (unpaired) electrons. The zero-order chi connectivity index (χ0) is 19.1. The normalized spacial score (nSPS) is 11.5. The molecule has 0 saturated carbocycles. The number of guanidine groups is 1. The smallest absolute Gasteiger partial charge is 0.194 e. The van der Waals surface area contributed by atoms with E-state index in [-0.39, 0.29) is 5.75 Å². The highest BCUT2D eigenvalue weighted by Crippen LogP contribution is 2.27. The number of hydrogen-bond donors (Lipinski definition) is 2. The summed E-state index contributed by atoms with van der Waals surface area (Å²) in [4.78, 5) is 6.75. The number of phenolic OH excluding ortho intramolecular Hbond substituents is 1. The maximum atomic E-state index is 9.81. The highest BCUT2D eigenvalue weighted by Gasteiger charge is 2.10. The first kappa shape index (κ1) is 20.0. The van der Waals surface area contributed by atoms with Gasteiger partial charge in [-0.15, -0.1) is 0 Å². The zero-order valence-corrected chi connectivity index (χ0v) is 16.5. The lowest BCUT2D eigenvalue weighted by molar-refractivity contribution is 0.318. The standard InChI is InChI=1S/C19H27ClN4O2/c1-5-21-19(24(4)13-16-10-15(20)12-23(16)3)22-11-14-7-8-17(25)18(9-14)26-6-2/h7-10,12,25H,5-6,11,13H2,1-4H3,(H,21,22). The van der Waals surface area contributed by atoms with Gasteiger partial charge >= 0.3 is 0 Å². The minimum Gasteiger partial charge on any atom is -0.504 e. The van der Waals surface area contributed by atoms with Crippen LogP contribution >= 0.6 is 11.6 Å². The average Bonchev–Trinajstić information content (AvgIpc) is 2.91. The van der Waals surface area contributed by atoms with Gasteiger partial charge in [0, 0.05) is 32.5 Å². The SMILES string of the molecule is CCNC(=NCc1ccc(O)c(OCC)c1)N(C)Cc1cc(Cl)cn1C. The predicted molar refractivity (Wildman–Crippen MR) is 106 cm³/mol. The zero-order valence-electron chi connectivity index (χ0n) is 15.8. The van der Waals surface area contributed by atoms with Gasteiger partial charge in [0.1, 0.15) is 0 Å². The molecule has 0 unspecified atom stereocenters. The summed E-state index contributed by atoms with van der Waals surface area (Å²) >= 11 is 6.07. The van der Waals surface area contributed by atoms with Crippen molar-refractivity contribution in [1.29, 1.82) is 0 Å². The first-order chi connectivity index (χ1) is 12.4. The molecule has 0 aliphatic heterocycles. The highest BCUT2D eigenvalue weighted by atomic mass is 35.5. The Labute approximate surface area is 160 Å². The molecule has 2 N–H and O–H groups in total. The Morgan fingerprint density at radius 3 is 2.73 bits per heavy atom. The summed E-state index contributed by atoms with van der Waals surface area (Å²) in [6, 6.07) is 7.26. The van der Waals surface area contributed by atoms with E-state index in [1.807, 2.05) is 56.9 Å². The predicted octanol–water partition coefficient (Wildman–Crippen LogP) is 3.38. The third-order valence-corrected chi connectivity index (χ3v) is 4.11. The molecule has 0 atom stereocenters. The number of benzene rings is 1. The van der Waals surface area contributed by atoms with Crippen molar-refractivity contribution in [3.63, 3.8) is 0 Å². The van der Waals surface area contributed by atoms with Crippen LogP contribution in [0.4, 0.5) is 0 Å². The van der Waals surface area contributed by atoms with Gasteiger partial charge in [-0.1, -0.05) is 17.7 Å². The second kappa shape index (κ2) is 9.38. The third kappa shape index (κ3) is 5.33. The molecule has 1 heterocycles. The molecule has 2 rings (SSSR count). The molecule has 0 fully saturated rings. The molecule has 2 aromatic rings. The first-order valence-electron chi connectivity index (χ1n) is 8.69. The Morgan fingerprint density at radius 1 is 1.35 bits per heavy atom. The number of nitrogens with one attached hydrogen (secondary N) is 1. The number of aliphatic imine (C=N–C) groups is 1. The summed E-state index contributed by atoms with van der Waals surface area (Å²) in [7, 11) is 3.97. The monoisotopic (exact) mass is 378 g/mol. The summed E-state index contributed by atoms with van der Waals surface area (Å²) in [6.45, 7) is 6.38. The molecule has 0 aliphatic carbocycles. The van der Waals surface area contributed by atoms with Gasteiger partial charge in [0.15, 0.2) is 17.5 Å². The van der Waals surface area contributed by atoms with Gasteiger partial charge in [0.05, 0.1) is 24.7 Å². The van der Waals surface area contributed by atoms with E-state index < -0.39 is 0 Å². The highest BCUT2D eigenvalue weighted by molar-refractivity contribution is 6.30. The number of rotatable bonds is 7. The van der Waals surface area contributed by atoms with Crippen LogP contribution in [0.1, 0.15) is 25.1 Å². The number of phenols is 1. The van der Waals surface area contributed by atoms with Crippen LogP contribution in [-0.4, -0.2) is 40.7 Å². The van der Waals surface area contributed by atoms with Gasteiger partial charge in [-0.3, -0.25) is 0 Å². The van der Waals surface area contributed by atoms with Crippen LogP contribution < -0.4 is 10.1 Å². The van der Waals surface area contributed by atoms with E-state index in [0.29, 0.717) is 25.4 Å². The van der Waals surface area contributed by atoms with Crippen molar-refractivity contribution in [2.75, 3.05) is 20.2 Å². The molecule has 0 bridgehead atoms. The fraction of sp³-hybridized carbons (Fsp3) is 0.421. The molecule has 7 heteroatoms. The van der Waals surface area contributed by atoms with Gasteiger partial charge in [0.25, 0.3) is 0 Å². The Bertz CT molecular complexity index is 758. The maximum absolute atomic E-state index is 9.81. The van der Waals surface area contributed by atoms with Crippen molar-refractivity contribution < 1.29 is 9.84 Å². The Balaban J connectivity index is 2.12. The second-order valence-electron chi connectivity index (χ2n) is 6.02. The van der Waals surface area contributed by atoms with E-state index in [9.17, 15) is 5.11 Å². The van der Waals surface area contributed by atoms with E-state index in [4.69, 9.17) is 21.3 Å². The van der Waals surface area contributed by atoms with Gasteiger partial charge in [0.2, 0.25) is 0 Å². The Morgan fingerprint density at radius 2 is 2.12 bits per heavy atom. The van der Waals surface area contributed by atoms with Crippen LogP contribution in [0.5, 0.6) is 11.5 Å². The van der Waals surface area contributed by atoms with Crippen molar-refractivity contribution in [1.82, 2.24) is 14.8 Å². The van der Waals surface area contributed by atoms with Gasteiger partial charge in [-0.2, -0.15) is 0 Å². The van der Waals surface area contributed by atoms with Crippen LogP contribution in [0.15, 0.2) is 35.5 Å². The fourth-order valence-electron chi connectivity index (χ4n) is 2.61. The lowest BCUT2D eigenvalue weighted by Gasteiger charge is -2.22. The van der Waals surface area contributed by atoms with Crippen molar-refractivity contribution in [2.24, 2.45) is 12.0 Å². The van der Waals surface area contributed by atoms with Crippen molar-refractivity contribution in [3.05, 3.63) is 46.7 Å². The number of halogens is 1. The van der Waals surface area contributed by atoms with E-state index in [2.05, 4.69) is 10.2 Å². The molecule has 142 valence electrons.